The summed E-state index contributed by atoms with van der Waals surface area (Å²) in [6.45, 7) is 1.85. The second-order valence-electron chi connectivity index (χ2n) is 1.47. The first-order valence-corrected chi connectivity index (χ1v) is 3.46. The van der Waals surface area contributed by atoms with Crippen LogP contribution in [0.5, 0.6) is 0 Å². The van der Waals surface area contributed by atoms with E-state index in [2.05, 4.69) is 21.2 Å². The molecule has 1 heterocycles. The minimum absolute atomic E-state index is 0.264. The Morgan fingerprint density at radius 2 is 2.71 bits per heavy atom. The number of nitrogens with one attached hydrogen (secondary N) is 1. The predicted molar refractivity (Wildman–Crippen MR) is 31.5 cm³/mol. The van der Waals surface area contributed by atoms with Crippen molar-refractivity contribution >= 4 is 15.9 Å². The van der Waals surface area contributed by atoms with Gasteiger partial charge in [-0.05, 0) is 0 Å². The fraction of sp³-hybridized carbons (Fsp3) is 1.00. The van der Waals surface area contributed by atoms with E-state index in [0.717, 1.165) is 18.5 Å². The lowest BCUT2D eigenvalue weighted by atomic mass is 10.7. The third-order valence-corrected chi connectivity index (χ3v) is 1.52. The molecule has 1 fully saturated rings. The standard InChI is InChI=1S/C4H8BrNO/c5-3-4-6-1-2-7-4/h4,6H,1-3H2. The van der Waals surface area contributed by atoms with E-state index in [4.69, 9.17) is 4.74 Å². The number of ether oxygens (including phenoxy) is 1. The van der Waals surface area contributed by atoms with Gasteiger partial charge in [-0.15, -0.1) is 0 Å². The van der Waals surface area contributed by atoms with Crippen molar-refractivity contribution in [2.24, 2.45) is 0 Å². The van der Waals surface area contributed by atoms with E-state index in [1.807, 2.05) is 0 Å². The quantitative estimate of drug-likeness (QED) is 0.566. The zero-order valence-electron chi connectivity index (χ0n) is 3.98. The molecule has 0 aromatic carbocycles. The molecule has 1 aliphatic heterocycles. The van der Waals surface area contributed by atoms with Gasteiger partial charge >= 0.3 is 0 Å². The van der Waals surface area contributed by atoms with Gasteiger partial charge in [0.1, 0.15) is 6.23 Å². The van der Waals surface area contributed by atoms with E-state index in [-0.39, 0.29) is 6.23 Å². The molecule has 2 nitrogen and oxygen atoms in total. The summed E-state index contributed by atoms with van der Waals surface area (Å²) in [5.74, 6) is 0. The number of alkyl halides is 1. The highest BCUT2D eigenvalue weighted by molar-refractivity contribution is 9.09. The van der Waals surface area contributed by atoms with Crippen molar-refractivity contribution in [3.05, 3.63) is 0 Å². The van der Waals surface area contributed by atoms with Crippen LogP contribution < -0.4 is 5.32 Å². The summed E-state index contributed by atoms with van der Waals surface area (Å²) < 4.78 is 5.14. The summed E-state index contributed by atoms with van der Waals surface area (Å²) in [6, 6.07) is 0. The third kappa shape index (κ3) is 1.40. The van der Waals surface area contributed by atoms with Crippen molar-refractivity contribution < 1.29 is 4.74 Å². The highest BCUT2D eigenvalue weighted by Gasteiger charge is 2.10. The molecule has 0 radical (unpaired) electrons. The molecule has 1 aliphatic rings. The molecule has 0 spiro atoms. The fourth-order valence-electron chi connectivity index (χ4n) is 0.579. The summed E-state index contributed by atoms with van der Waals surface area (Å²) in [7, 11) is 0. The molecule has 1 saturated heterocycles. The number of halogens is 1. The van der Waals surface area contributed by atoms with Gasteiger partial charge in [0.15, 0.2) is 0 Å². The molecule has 42 valence electrons. The highest BCUT2D eigenvalue weighted by atomic mass is 79.9. The lowest BCUT2D eigenvalue weighted by Crippen LogP contribution is -2.23. The van der Waals surface area contributed by atoms with Crippen LogP contribution in [-0.2, 0) is 4.74 Å². The Labute approximate surface area is 51.4 Å². The molecular formula is C4H8BrNO. The molecule has 1 rings (SSSR count). The van der Waals surface area contributed by atoms with Crippen LogP contribution in [0.2, 0.25) is 0 Å². The molecule has 7 heavy (non-hydrogen) atoms. The SMILES string of the molecule is BrCC1NCCO1. The Hall–Kier alpha value is 0.400. The lowest BCUT2D eigenvalue weighted by Gasteiger charge is -2.01. The molecule has 0 bridgehead atoms. The van der Waals surface area contributed by atoms with Crippen LogP contribution in [-0.4, -0.2) is 24.7 Å². The Bertz CT molecular complexity index is 53.7. The summed E-state index contributed by atoms with van der Waals surface area (Å²) >= 11 is 3.29. The Morgan fingerprint density at radius 1 is 1.86 bits per heavy atom. The number of hydrogen-bond acceptors (Lipinski definition) is 2. The molecule has 0 saturated carbocycles. The van der Waals surface area contributed by atoms with E-state index >= 15 is 0 Å². The molecule has 0 aliphatic carbocycles. The van der Waals surface area contributed by atoms with Crippen molar-refractivity contribution in [3.63, 3.8) is 0 Å². The minimum atomic E-state index is 0.264. The van der Waals surface area contributed by atoms with Crippen molar-refractivity contribution in [3.8, 4) is 0 Å². The second-order valence-corrected chi connectivity index (χ2v) is 2.12. The Balaban J connectivity index is 2.14. The van der Waals surface area contributed by atoms with E-state index in [9.17, 15) is 0 Å². The minimum Gasteiger partial charge on any atom is -0.361 e. The van der Waals surface area contributed by atoms with Gasteiger partial charge in [-0.3, -0.25) is 5.32 Å². The van der Waals surface area contributed by atoms with Crippen LogP contribution in [0.3, 0.4) is 0 Å². The van der Waals surface area contributed by atoms with E-state index in [1.54, 1.807) is 0 Å². The summed E-state index contributed by atoms with van der Waals surface area (Å²) in [4.78, 5) is 0. The molecule has 1 unspecified atom stereocenters. The monoisotopic (exact) mass is 165 g/mol. The van der Waals surface area contributed by atoms with Gasteiger partial charge in [0.2, 0.25) is 0 Å². The van der Waals surface area contributed by atoms with Gasteiger partial charge in [-0.25, -0.2) is 0 Å². The van der Waals surface area contributed by atoms with Crippen LogP contribution in [0, 0.1) is 0 Å². The Morgan fingerprint density at radius 3 is 3.00 bits per heavy atom. The fourth-order valence-corrected chi connectivity index (χ4v) is 0.995. The predicted octanol–water partition coefficient (Wildman–Crippen LogP) is 0.327. The van der Waals surface area contributed by atoms with Gasteiger partial charge in [-0.1, -0.05) is 15.9 Å². The topological polar surface area (TPSA) is 21.3 Å². The number of hydrogen-bond donors (Lipinski definition) is 1. The maximum absolute atomic E-state index is 5.14. The largest absolute Gasteiger partial charge is 0.361 e. The van der Waals surface area contributed by atoms with Crippen LogP contribution in [0.15, 0.2) is 0 Å². The van der Waals surface area contributed by atoms with E-state index in [0.29, 0.717) is 0 Å². The van der Waals surface area contributed by atoms with Gasteiger partial charge < -0.3 is 4.74 Å². The zero-order valence-corrected chi connectivity index (χ0v) is 5.57. The maximum atomic E-state index is 5.14. The van der Waals surface area contributed by atoms with E-state index in [1.165, 1.54) is 0 Å². The molecule has 3 heteroatoms. The van der Waals surface area contributed by atoms with Crippen molar-refractivity contribution in [1.82, 2.24) is 5.32 Å². The first-order chi connectivity index (χ1) is 3.43. The Kier molecular flexibility index (Phi) is 2.09. The molecule has 1 atom stereocenters. The molecule has 1 N–H and O–H groups in total. The van der Waals surface area contributed by atoms with Gasteiger partial charge in [0, 0.05) is 11.9 Å². The van der Waals surface area contributed by atoms with Crippen molar-refractivity contribution in [1.29, 1.82) is 0 Å². The first kappa shape index (κ1) is 5.54. The third-order valence-electron chi connectivity index (χ3n) is 0.933. The van der Waals surface area contributed by atoms with Crippen LogP contribution in [0.4, 0.5) is 0 Å². The van der Waals surface area contributed by atoms with Crippen LogP contribution in [0.25, 0.3) is 0 Å². The number of rotatable bonds is 1. The summed E-state index contributed by atoms with van der Waals surface area (Å²) in [6.07, 6.45) is 0.264. The molecule has 0 amide bonds. The van der Waals surface area contributed by atoms with Crippen molar-refractivity contribution in [2.45, 2.75) is 6.23 Å². The second kappa shape index (κ2) is 2.64. The van der Waals surface area contributed by atoms with Crippen molar-refractivity contribution in [2.75, 3.05) is 18.5 Å². The smallest absolute Gasteiger partial charge is 0.118 e. The lowest BCUT2D eigenvalue weighted by molar-refractivity contribution is 0.121. The first-order valence-electron chi connectivity index (χ1n) is 2.34. The van der Waals surface area contributed by atoms with Gasteiger partial charge in [0.05, 0.1) is 6.61 Å². The summed E-state index contributed by atoms with van der Waals surface area (Å²) in [5.41, 5.74) is 0. The highest BCUT2D eigenvalue weighted by Crippen LogP contribution is 1.97. The van der Waals surface area contributed by atoms with Gasteiger partial charge in [0.25, 0.3) is 0 Å². The van der Waals surface area contributed by atoms with Crippen LogP contribution >= 0.6 is 15.9 Å². The zero-order chi connectivity index (χ0) is 5.11. The van der Waals surface area contributed by atoms with Crippen LogP contribution in [0.1, 0.15) is 0 Å². The molecule has 0 aromatic heterocycles. The normalized spacial score (nSPS) is 31.3. The van der Waals surface area contributed by atoms with E-state index < -0.39 is 0 Å². The van der Waals surface area contributed by atoms with Gasteiger partial charge in [-0.2, -0.15) is 0 Å². The average molecular weight is 166 g/mol. The maximum Gasteiger partial charge on any atom is 0.118 e. The summed E-state index contributed by atoms with van der Waals surface area (Å²) in [5, 5.41) is 4.03. The molecular weight excluding hydrogens is 158 g/mol. The molecule has 0 aromatic rings. The average Bonchev–Trinajstić information content (AvgIpc) is 2.14.